The van der Waals surface area contributed by atoms with Crippen molar-refractivity contribution in [1.29, 1.82) is 5.26 Å². The number of anilines is 1. The maximum absolute atomic E-state index is 12.4. The maximum Gasteiger partial charge on any atom is 0.412 e. The molecule has 9 nitrogen and oxygen atoms in total. The number of benzene rings is 2. The highest BCUT2D eigenvalue weighted by Gasteiger charge is 2.17. The maximum atomic E-state index is 12.4. The zero-order chi connectivity index (χ0) is 23.2. The number of ether oxygens (including phenoxy) is 2. The number of aliphatic hydroxyl groups is 1. The molecule has 0 aliphatic heterocycles. The van der Waals surface area contributed by atoms with E-state index in [1.807, 2.05) is 6.07 Å². The average molecular weight is 439 g/mol. The summed E-state index contributed by atoms with van der Waals surface area (Å²) in [6.07, 6.45) is 3.29. The largest absolute Gasteiger partial charge is 0.491 e. The van der Waals surface area contributed by atoms with Crippen molar-refractivity contribution in [3.8, 4) is 11.8 Å². The van der Waals surface area contributed by atoms with Crippen LogP contribution < -0.4 is 15.5 Å². The first-order valence-corrected chi connectivity index (χ1v) is 9.97. The van der Waals surface area contributed by atoms with Crippen LogP contribution in [0.4, 0.5) is 10.5 Å². The van der Waals surface area contributed by atoms with Gasteiger partial charge in [0.25, 0.3) is 5.91 Å². The van der Waals surface area contributed by atoms with E-state index < -0.39 is 18.1 Å². The predicted octanol–water partition coefficient (Wildman–Crippen LogP) is 3.45. The van der Waals surface area contributed by atoms with Crippen LogP contribution in [0.5, 0.6) is 5.75 Å². The van der Waals surface area contributed by atoms with E-state index in [0.717, 1.165) is 5.56 Å². The number of nitrogens with zero attached hydrogens (tertiary/aromatic N) is 1. The standard InChI is InChI=1S/C23H25N3O6/c24-16-17-6-10-19(11-7-17)25-23(29)32-21(4-2-1-3-5-22(28)26-30)18-8-12-20(13-9-18)31-15-14-27/h3,5-13,21,27,30H,1-2,4,14-15H2,(H,25,29)(H,26,28)/b5-3+/t21-/m1/s1. The molecule has 32 heavy (non-hydrogen) atoms. The molecule has 0 saturated heterocycles. The van der Waals surface area contributed by atoms with Crippen LogP contribution in [0.1, 0.15) is 36.5 Å². The van der Waals surface area contributed by atoms with Crippen LogP contribution in [-0.4, -0.2) is 35.5 Å². The van der Waals surface area contributed by atoms with Crippen LogP contribution in [0.15, 0.2) is 60.7 Å². The van der Waals surface area contributed by atoms with Gasteiger partial charge < -0.3 is 14.6 Å². The minimum Gasteiger partial charge on any atom is -0.491 e. The van der Waals surface area contributed by atoms with Crippen molar-refractivity contribution >= 4 is 17.7 Å². The van der Waals surface area contributed by atoms with Gasteiger partial charge in [0.15, 0.2) is 0 Å². The van der Waals surface area contributed by atoms with Crippen LogP contribution >= 0.6 is 0 Å². The molecular formula is C23H25N3O6. The predicted molar refractivity (Wildman–Crippen MR) is 116 cm³/mol. The Bertz CT molecular complexity index is 936. The number of nitrogens with one attached hydrogen (secondary N) is 2. The Kier molecular flexibility index (Phi) is 10.2. The molecule has 0 heterocycles. The molecule has 0 aliphatic carbocycles. The van der Waals surface area contributed by atoms with Gasteiger partial charge in [0.1, 0.15) is 18.5 Å². The summed E-state index contributed by atoms with van der Waals surface area (Å²) in [5, 5.41) is 28.9. The van der Waals surface area contributed by atoms with E-state index in [1.165, 1.54) is 11.6 Å². The highest BCUT2D eigenvalue weighted by atomic mass is 16.6. The van der Waals surface area contributed by atoms with E-state index in [9.17, 15) is 9.59 Å². The van der Waals surface area contributed by atoms with Gasteiger partial charge in [-0.25, -0.2) is 10.3 Å². The minimum absolute atomic E-state index is 0.0924. The zero-order valence-electron chi connectivity index (χ0n) is 17.4. The average Bonchev–Trinajstić information content (AvgIpc) is 2.82. The fourth-order valence-corrected chi connectivity index (χ4v) is 2.79. The van der Waals surface area contributed by atoms with E-state index in [2.05, 4.69) is 5.32 Å². The number of hydrogen-bond donors (Lipinski definition) is 4. The smallest absolute Gasteiger partial charge is 0.412 e. The van der Waals surface area contributed by atoms with Gasteiger partial charge in [-0.15, -0.1) is 0 Å². The van der Waals surface area contributed by atoms with E-state index in [0.29, 0.717) is 36.3 Å². The highest BCUT2D eigenvalue weighted by Crippen LogP contribution is 2.26. The number of nitriles is 1. The molecule has 0 aliphatic rings. The third-order valence-corrected chi connectivity index (χ3v) is 4.34. The molecule has 0 spiro atoms. The second kappa shape index (κ2) is 13.4. The highest BCUT2D eigenvalue weighted by molar-refractivity contribution is 5.86. The van der Waals surface area contributed by atoms with Crippen molar-refractivity contribution in [3.63, 3.8) is 0 Å². The molecule has 2 amide bonds. The molecule has 0 fully saturated rings. The molecule has 0 saturated carbocycles. The molecular weight excluding hydrogens is 414 g/mol. The quantitative estimate of drug-likeness (QED) is 0.182. The first-order valence-electron chi connectivity index (χ1n) is 9.97. The Morgan fingerprint density at radius 3 is 2.47 bits per heavy atom. The van der Waals surface area contributed by atoms with Crippen molar-refractivity contribution < 1.29 is 29.4 Å². The summed E-state index contributed by atoms with van der Waals surface area (Å²) in [4.78, 5) is 23.5. The van der Waals surface area contributed by atoms with Gasteiger partial charge in [-0.05, 0) is 61.2 Å². The van der Waals surface area contributed by atoms with Crippen LogP contribution in [0, 0.1) is 11.3 Å². The molecule has 4 N–H and O–H groups in total. The number of carbonyl (C=O) groups is 2. The van der Waals surface area contributed by atoms with E-state index in [-0.39, 0.29) is 13.2 Å². The summed E-state index contributed by atoms with van der Waals surface area (Å²) in [5.74, 6) is -0.0282. The summed E-state index contributed by atoms with van der Waals surface area (Å²) in [7, 11) is 0. The topological polar surface area (TPSA) is 141 Å². The van der Waals surface area contributed by atoms with Gasteiger partial charge >= 0.3 is 6.09 Å². The van der Waals surface area contributed by atoms with Crippen molar-refractivity contribution in [3.05, 3.63) is 71.8 Å². The Hall–Kier alpha value is -3.87. The van der Waals surface area contributed by atoms with Crippen LogP contribution in [-0.2, 0) is 9.53 Å². The third-order valence-electron chi connectivity index (χ3n) is 4.34. The fourth-order valence-electron chi connectivity index (χ4n) is 2.79. The van der Waals surface area contributed by atoms with E-state index >= 15 is 0 Å². The molecule has 0 bridgehead atoms. The van der Waals surface area contributed by atoms with Crippen molar-refractivity contribution in [2.75, 3.05) is 18.5 Å². The zero-order valence-corrected chi connectivity index (χ0v) is 17.4. The lowest BCUT2D eigenvalue weighted by Gasteiger charge is -2.19. The SMILES string of the molecule is N#Cc1ccc(NC(=O)O[C@H](CCC/C=C/C(=O)NO)c2ccc(OCCO)cc2)cc1. The monoisotopic (exact) mass is 439 g/mol. The molecule has 0 unspecified atom stereocenters. The summed E-state index contributed by atoms with van der Waals surface area (Å²) in [5.41, 5.74) is 3.25. The lowest BCUT2D eigenvalue weighted by molar-refractivity contribution is -0.124. The first-order chi connectivity index (χ1) is 15.5. The summed E-state index contributed by atoms with van der Waals surface area (Å²) in [6.45, 7) is 0.0881. The minimum atomic E-state index is -0.643. The van der Waals surface area contributed by atoms with Gasteiger partial charge in [0, 0.05) is 11.8 Å². The first kappa shape index (κ1) is 24.4. The van der Waals surface area contributed by atoms with Crippen molar-refractivity contribution in [1.82, 2.24) is 5.48 Å². The summed E-state index contributed by atoms with van der Waals surface area (Å²) < 4.78 is 11.0. The molecule has 0 radical (unpaired) electrons. The van der Waals surface area contributed by atoms with Crippen molar-refractivity contribution in [2.45, 2.75) is 25.4 Å². The lowest BCUT2D eigenvalue weighted by atomic mass is 10.0. The van der Waals surface area contributed by atoms with Crippen LogP contribution in [0.3, 0.4) is 0 Å². The Balaban J connectivity index is 2.03. The summed E-state index contributed by atoms with van der Waals surface area (Å²) in [6, 6.07) is 15.4. The Morgan fingerprint density at radius 1 is 1.12 bits per heavy atom. The van der Waals surface area contributed by atoms with Gasteiger partial charge in [-0.3, -0.25) is 15.3 Å². The molecule has 2 aromatic rings. The van der Waals surface area contributed by atoms with E-state index in [1.54, 1.807) is 54.6 Å². The number of allylic oxidation sites excluding steroid dienone is 1. The van der Waals surface area contributed by atoms with Gasteiger partial charge in [0.05, 0.1) is 18.2 Å². The van der Waals surface area contributed by atoms with Gasteiger partial charge in [0.2, 0.25) is 0 Å². The number of amides is 2. The normalized spacial score (nSPS) is 11.4. The second-order valence-corrected chi connectivity index (χ2v) is 6.66. The summed E-state index contributed by atoms with van der Waals surface area (Å²) >= 11 is 0. The lowest BCUT2D eigenvalue weighted by Crippen LogP contribution is -2.17. The number of hydrogen-bond acceptors (Lipinski definition) is 7. The van der Waals surface area contributed by atoms with E-state index in [4.69, 9.17) is 25.0 Å². The number of aliphatic hydroxyl groups excluding tert-OH is 1. The molecule has 2 aromatic carbocycles. The number of carbonyl (C=O) groups excluding carboxylic acids is 2. The molecule has 168 valence electrons. The number of unbranched alkanes of at least 4 members (excludes halogenated alkanes) is 1. The second-order valence-electron chi connectivity index (χ2n) is 6.66. The molecule has 9 heteroatoms. The van der Waals surface area contributed by atoms with Gasteiger partial charge in [-0.1, -0.05) is 18.2 Å². The third kappa shape index (κ3) is 8.47. The number of rotatable bonds is 11. The van der Waals surface area contributed by atoms with Gasteiger partial charge in [-0.2, -0.15) is 5.26 Å². The molecule has 2 rings (SSSR count). The van der Waals surface area contributed by atoms with Crippen LogP contribution in [0.2, 0.25) is 0 Å². The fraction of sp³-hybridized carbons (Fsp3) is 0.261. The number of hydroxylamine groups is 1. The Morgan fingerprint density at radius 2 is 1.84 bits per heavy atom. The Labute approximate surface area is 185 Å². The molecule has 1 atom stereocenters. The van der Waals surface area contributed by atoms with Crippen LogP contribution in [0.25, 0.3) is 0 Å². The molecule has 0 aromatic heterocycles. The van der Waals surface area contributed by atoms with Crippen molar-refractivity contribution in [2.24, 2.45) is 0 Å².